The van der Waals surface area contributed by atoms with Crippen LogP contribution in [0.1, 0.15) is 64.2 Å². The van der Waals surface area contributed by atoms with Crippen molar-refractivity contribution in [1.29, 1.82) is 0 Å². The van der Waals surface area contributed by atoms with Crippen molar-refractivity contribution >= 4 is 23.4 Å². The molecule has 1 aromatic carbocycles. The van der Waals surface area contributed by atoms with Gasteiger partial charge in [0.2, 0.25) is 0 Å². The highest BCUT2D eigenvalue weighted by Gasteiger charge is 2.32. The van der Waals surface area contributed by atoms with Gasteiger partial charge in [-0.05, 0) is 49.9 Å². The van der Waals surface area contributed by atoms with Crippen molar-refractivity contribution in [2.45, 2.75) is 75.3 Å². The summed E-state index contributed by atoms with van der Waals surface area (Å²) in [6, 6.07) is 6.29. The summed E-state index contributed by atoms with van der Waals surface area (Å²) in [7, 11) is 0. The minimum atomic E-state index is -0.561. The molecule has 0 atom stereocenters. The lowest BCUT2D eigenvalue weighted by atomic mass is 9.82. The van der Waals surface area contributed by atoms with Gasteiger partial charge in [-0.3, -0.25) is 0 Å². The Bertz CT molecular complexity index is 764. The minimum absolute atomic E-state index is 0.318. The maximum atomic E-state index is 12.4. The molecular weight excluding hydrogens is 376 g/mol. The molecule has 0 aromatic heterocycles. The molecule has 0 heterocycles. The Morgan fingerprint density at radius 2 is 1.00 bits per heavy atom. The number of benzene rings is 1. The van der Waals surface area contributed by atoms with Crippen molar-refractivity contribution in [3.63, 3.8) is 0 Å². The second-order valence-electron chi connectivity index (χ2n) is 8.31. The number of nitrogens with one attached hydrogen (secondary N) is 4. The van der Waals surface area contributed by atoms with Crippen molar-refractivity contribution < 1.29 is 9.59 Å². The van der Waals surface area contributed by atoms with E-state index in [2.05, 4.69) is 33.1 Å². The van der Waals surface area contributed by atoms with Gasteiger partial charge >= 0.3 is 12.1 Å². The number of rotatable bonds is 4. The standard InChI is InChI=1S/C24H30N4O2/c1-3-23(15-7-5-8-16-23)27-21(29)25-19-11-13-20(14-12-19)26-22(30)28-24(4-2)17-9-6-10-18-24/h1-2,11-14H,5-10,15-18H2,(H2,25,27,29)(H2,26,28,30). The lowest BCUT2D eigenvalue weighted by Gasteiger charge is -2.33. The van der Waals surface area contributed by atoms with Crippen molar-refractivity contribution in [3.8, 4) is 24.7 Å². The van der Waals surface area contributed by atoms with E-state index < -0.39 is 11.1 Å². The molecule has 3 rings (SSSR count). The fourth-order valence-electron chi connectivity index (χ4n) is 4.32. The third-order valence-corrected chi connectivity index (χ3v) is 6.07. The molecule has 30 heavy (non-hydrogen) atoms. The molecule has 2 aliphatic carbocycles. The fraction of sp³-hybridized carbons (Fsp3) is 0.500. The largest absolute Gasteiger partial charge is 0.322 e. The lowest BCUT2D eigenvalue weighted by Crippen LogP contribution is -2.50. The van der Waals surface area contributed by atoms with Gasteiger partial charge < -0.3 is 21.3 Å². The second kappa shape index (κ2) is 9.59. The zero-order valence-corrected chi connectivity index (χ0v) is 17.4. The number of anilines is 2. The average molecular weight is 407 g/mol. The van der Waals surface area contributed by atoms with Crippen molar-refractivity contribution in [2.75, 3.05) is 10.6 Å². The van der Waals surface area contributed by atoms with Gasteiger partial charge in [0.15, 0.2) is 0 Å². The summed E-state index contributed by atoms with van der Waals surface area (Å²) < 4.78 is 0. The van der Waals surface area contributed by atoms with E-state index in [-0.39, 0.29) is 12.1 Å². The molecule has 2 saturated carbocycles. The fourth-order valence-corrected chi connectivity index (χ4v) is 4.32. The summed E-state index contributed by atoms with van der Waals surface area (Å²) in [4.78, 5) is 24.8. The van der Waals surface area contributed by atoms with Crippen LogP contribution >= 0.6 is 0 Å². The first-order valence-corrected chi connectivity index (χ1v) is 10.7. The number of urea groups is 2. The molecule has 158 valence electrons. The quantitative estimate of drug-likeness (QED) is 0.551. The van der Waals surface area contributed by atoms with Gasteiger partial charge in [-0.15, -0.1) is 12.8 Å². The topological polar surface area (TPSA) is 82.3 Å². The number of carbonyl (C=O) groups excluding carboxylic acids is 2. The van der Waals surface area contributed by atoms with Gasteiger partial charge in [-0.1, -0.05) is 50.4 Å². The third kappa shape index (κ3) is 5.48. The molecule has 0 saturated heterocycles. The van der Waals surface area contributed by atoms with Gasteiger partial charge in [0.1, 0.15) is 11.1 Å². The molecule has 1 aromatic rings. The molecule has 0 unspecified atom stereocenters. The molecule has 0 aliphatic heterocycles. The van der Waals surface area contributed by atoms with E-state index in [9.17, 15) is 9.59 Å². The molecule has 4 amide bonds. The number of hydrogen-bond acceptors (Lipinski definition) is 2. The minimum Gasteiger partial charge on any atom is -0.322 e. The Hall–Kier alpha value is -3.12. The van der Waals surface area contributed by atoms with E-state index in [0.717, 1.165) is 64.2 Å². The van der Waals surface area contributed by atoms with Crippen molar-refractivity contribution in [3.05, 3.63) is 24.3 Å². The third-order valence-electron chi connectivity index (χ3n) is 6.07. The average Bonchev–Trinajstić information content (AvgIpc) is 2.76. The molecule has 0 bridgehead atoms. The van der Waals surface area contributed by atoms with Crippen LogP contribution in [-0.4, -0.2) is 23.1 Å². The zero-order valence-electron chi connectivity index (χ0n) is 17.4. The van der Waals surface area contributed by atoms with E-state index in [0.29, 0.717) is 11.4 Å². The van der Waals surface area contributed by atoms with Crippen LogP contribution in [0.5, 0.6) is 0 Å². The Labute approximate surface area is 179 Å². The summed E-state index contributed by atoms with van der Waals surface area (Å²) in [5, 5.41) is 11.5. The first kappa shape index (κ1) is 21.6. The summed E-state index contributed by atoms with van der Waals surface area (Å²) in [5.74, 6) is 5.53. The van der Waals surface area contributed by atoms with E-state index in [1.54, 1.807) is 24.3 Å². The highest BCUT2D eigenvalue weighted by Crippen LogP contribution is 2.28. The Morgan fingerprint density at radius 1 is 0.667 bits per heavy atom. The number of carbonyl (C=O) groups is 2. The van der Waals surface area contributed by atoms with E-state index in [1.165, 1.54) is 0 Å². The molecule has 2 fully saturated rings. The Kier molecular flexibility index (Phi) is 6.90. The summed E-state index contributed by atoms with van der Waals surface area (Å²) in [6.07, 6.45) is 20.9. The molecule has 2 aliphatic rings. The van der Waals surface area contributed by atoms with Crippen LogP contribution in [0.3, 0.4) is 0 Å². The normalized spacial score (nSPS) is 19.4. The van der Waals surface area contributed by atoms with Gasteiger partial charge in [0.25, 0.3) is 0 Å². The maximum absolute atomic E-state index is 12.4. The highest BCUT2D eigenvalue weighted by molar-refractivity contribution is 5.92. The lowest BCUT2D eigenvalue weighted by molar-refractivity contribution is 0.233. The molecule has 4 N–H and O–H groups in total. The summed E-state index contributed by atoms with van der Waals surface area (Å²) in [5.41, 5.74) is 0.116. The Morgan fingerprint density at radius 3 is 1.30 bits per heavy atom. The van der Waals surface area contributed by atoms with Gasteiger partial charge in [-0.2, -0.15) is 0 Å². The van der Waals surface area contributed by atoms with Gasteiger partial charge in [0.05, 0.1) is 0 Å². The smallest absolute Gasteiger partial charge is 0.320 e. The molecule has 6 nitrogen and oxygen atoms in total. The van der Waals surface area contributed by atoms with E-state index >= 15 is 0 Å². The van der Waals surface area contributed by atoms with Crippen molar-refractivity contribution in [1.82, 2.24) is 10.6 Å². The zero-order chi connectivity index (χ0) is 21.5. The number of hydrogen-bond donors (Lipinski definition) is 4. The second-order valence-corrected chi connectivity index (χ2v) is 8.31. The monoisotopic (exact) mass is 406 g/mol. The van der Waals surface area contributed by atoms with Crippen LogP contribution in [-0.2, 0) is 0 Å². The molecular formula is C24H30N4O2. The van der Waals surface area contributed by atoms with Crippen LogP contribution in [0.4, 0.5) is 21.0 Å². The van der Waals surface area contributed by atoms with E-state index in [1.807, 2.05) is 0 Å². The van der Waals surface area contributed by atoms with Gasteiger partial charge in [0, 0.05) is 11.4 Å². The number of terminal acetylenes is 2. The first-order valence-electron chi connectivity index (χ1n) is 10.7. The van der Waals surface area contributed by atoms with Crippen LogP contribution < -0.4 is 21.3 Å². The predicted octanol–water partition coefficient (Wildman–Crippen LogP) is 4.60. The van der Waals surface area contributed by atoms with E-state index in [4.69, 9.17) is 12.8 Å². The van der Waals surface area contributed by atoms with Crippen LogP contribution in [0.25, 0.3) is 0 Å². The maximum Gasteiger partial charge on any atom is 0.320 e. The van der Waals surface area contributed by atoms with Crippen molar-refractivity contribution in [2.24, 2.45) is 0 Å². The highest BCUT2D eigenvalue weighted by atomic mass is 16.2. The first-order chi connectivity index (χ1) is 14.5. The van der Waals surface area contributed by atoms with Gasteiger partial charge in [-0.25, -0.2) is 9.59 Å². The van der Waals surface area contributed by atoms with Crippen LogP contribution in [0, 0.1) is 24.7 Å². The number of amides is 4. The predicted molar refractivity (Wildman–Crippen MR) is 120 cm³/mol. The van der Waals surface area contributed by atoms with Crippen LogP contribution in [0.2, 0.25) is 0 Å². The van der Waals surface area contributed by atoms with Crippen LogP contribution in [0.15, 0.2) is 24.3 Å². The molecule has 6 heteroatoms. The summed E-state index contributed by atoms with van der Waals surface area (Å²) in [6.45, 7) is 0. The molecule has 0 radical (unpaired) electrons. The molecule has 0 spiro atoms. The SMILES string of the molecule is C#CC1(NC(=O)Nc2ccc(NC(=O)NC3(C#C)CCCCC3)cc2)CCCCC1. The summed E-state index contributed by atoms with van der Waals surface area (Å²) >= 11 is 0. The Balaban J connectivity index is 1.52.